The Hall–Kier alpha value is -2.52. The summed E-state index contributed by atoms with van der Waals surface area (Å²) in [6, 6.07) is 6.38. The molecule has 2 heterocycles. The van der Waals surface area contributed by atoms with Gasteiger partial charge in [0.05, 0.1) is 24.2 Å². The zero-order valence-corrected chi connectivity index (χ0v) is 13.1. The first-order chi connectivity index (χ1) is 11.0. The Labute approximate surface area is 131 Å². The minimum Gasteiger partial charge on any atom is -0.322 e. The van der Waals surface area contributed by atoms with Crippen molar-refractivity contribution in [1.82, 2.24) is 19.5 Å². The first-order valence-corrected chi connectivity index (χ1v) is 8.23. The number of imidazole rings is 1. The second-order valence-electron chi connectivity index (χ2n) is 4.93. The molecule has 3 aromatic rings. The molecule has 0 fully saturated rings. The molecule has 0 saturated heterocycles. The van der Waals surface area contributed by atoms with E-state index >= 15 is 0 Å². The van der Waals surface area contributed by atoms with Crippen LogP contribution in [0.25, 0.3) is 11.2 Å². The predicted molar refractivity (Wildman–Crippen MR) is 82.5 cm³/mol. The number of fused-ring (bicyclic) bond motifs is 1. The van der Waals surface area contributed by atoms with E-state index in [1.54, 1.807) is 12.1 Å². The maximum absolute atomic E-state index is 12.1. The SMILES string of the molecule is Cc1ccc(S(=O)(=O)OCCn2cnc3nc[nH]c(=O)c32)cc1. The lowest BCUT2D eigenvalue weighted by molar-refractivity contribution is 0.302. The molecule has 1 aromatic carbocycles. The van der Waals surface area contributed by atoms with Gasteiger partial charge in [0.15, 0.2) is 11.2 Å². The van der Waals surface area contributed by atoms with Gasteiger partial charge in [0.25, 0.3) is 15.7 Å². The Morgan fingerprint density at radius 2 is 1.96 bits per heavy atom. The number of hydrogen-bond acceptors (Lipinski definition) is 6. The molecule has 3 rings (SSSR count). The van der Waals surface area contributed by atoms with Crippen LogP contribution in [0.2, 0.25) is 0 Å². The van der Waals surface area contributed by atoms with Crippen LogP contribution in [-0.4, -0.2) is 34.5 Å². The minimum absolute atomic E-state index is 0.0955. The van der Waals surface area contributed by atoms with Crippen molar-refractivity contribution in [3.8, 4) is 0 Å². The van der Waals surface area contributed by atoms with Crippen LogP contribution >= 0.6 is 0 Å². The molecule has 23 heavy (non-hydrogen) atoms. The third kappa shape index (κ3) is 3.15. The van der Waals surface area contributed by atoms with E-state index in [0.717, 1.165) is 5.56 Å². The maximum Gasteiger partial charge on any atom is 0.297 e. The summed E-state index contributed by atoms with van der Waals surface area (Å²) in [7, 11) is -3.83. The van der Waals surface area contributed by atoms with Gasteiger partial charge in [-0.05, 0) is 19.1 Å². The average Bonchev–Trinajstić information content (AvgIpc) is 2.92. The quantitative estimate of drug-likeness (QED) is 0.693. The van der Waals surface area contributed by atoms with Gasteiger partial charge in [-0.1, -0.05) is 17.7 Å². The van der Waals surface area contributed by atoms with Gasteiger partial charge in [-0.2, -0.15) is 8.42 Å². The minimum atomic E-state index is -3.83. The van der Waals surface area contributed by atoms with Crippen molar-refractivity contribution in [2.45, 2.75) is 18.4 Å². The highest BCUT2D eigenvalue weighted by atomic mass is 32.2. The summed E-state index contributed by atoms with van der Waals surface area (Å²) in [5.74, 6) is 0. The number of aryl methyl sites for hydroxylation is 1. The smallest absolute Gasteiger partial charge is 0.297 e. The van der Waals surface area contributed by atoms with Gasteiger partial charge in [0.1, 0.15) is 0 Å². The number of rotatable bonds is 5. The molecule has 0 unspecified atom stereocenters. The highest BCUT2D eigenvalue weighted by Crippen LogP contribution is 2.13. The monoisotopic (exact) mass is 334 g/mol. The Morgan fingerprint density at radius 3 is 2.70 bits per heavy atom. The molecule has 0 amide bonds. The summed E-state index contributed by atoms with van der Waals surface area (Å²) in [6.07, 6.45) is 2.69. The van der Waals surface area contributed by atoms with Gasteiger partial charge in [-0.15, -0.1) is 0 Å². The van der Waals surface area contributed by atoms with Crippen LogP contribution in [0, 0.1) is 6.92 Å². The van der Waals surface area contributed by atoms with Crippen LogP contribution in [-0.2, 0) is 20.8 Å². The zero-order chi connectivity index (χ0) is 16.4. The number of hydrogen-bond donors (Lipinski definition) is 1. The maximum atomic E-state index is 12.1. The number of aromatic nitrogens is 4. The first kappa shape index (κ1) is 15.4. The molecule has 0 spiro atoms. The van der Waals surface area contributed by atoms with Crippen LogP contribution in [0.3, 0.4) is 0 Å². The number of nitrogens with one attached hydrogen (secondary N) is 1. The molecular weight excluding hydrogens is 320 g/mol. The van der Waals surface area contributed by atoms with Crippen molar-refractivity contribution >= 4 is 21.3 Å². The standard InChI is InChI=1S/C14H14N4O4S/c1-10-2-4-11(5-3-10)23(20,21)22-7-6-18-9-17-13-12(18)14(19)16-8-15-13/h2-5,8-9H,6-7H2,1H3,(H,15,16,19). The molecule has 0 aliphatic carbocycles. The van der Waals surface area contributed by atoms with Gasteiger partial charge in [0.2, 0.25) is 0 Å². The molecule has 0 bridgehead atoms. The fourth-order valence-corrected chi connectivity index (χ4v) is 3.01. The second-order valence-corrected chi connectivity index (χ2v) is 6.55. The lowest BCUT2D eigenvalue weighted by atomic mass is 10.2. The van der Waals surface area contributed by atoms with E-state index in [-0.39, 0.29) is 29.1 Å². The largest absolute Gasteiger partial charge is 0.322 e. The molecule has 8 nitrogen and oxygen atoms in total. The fraction of sp³-hybridized carbons (Fsp3) is 0.214. The first-order valence-electron chi connectivity index (χ1n) is 6.82. The van der Waals surface area contributed by atoms with Crippen molar-refractivity contribution in [1.29, 1.82) is 0 Å². The normalized spacial score (nSPS) is 11.9. The molecule has 0 saturated carbocycles. The van der Waals surface area contributed by atoms with Gasteiger partial charge < -0.3 is 9.55 Å². The fourth-order valence-electron chi connectivity index (χ4n) is 2.11. The van der Waals surface area contributed by atoms with E-state index in [1.807, 2.05) is 6.92 Å². The highest BCUT2D eigenvalue weighted by molar-refractivity contribution is 7.86. The molecule has 2 aromatic heterocycles. The van der Waals surface area contributed by atoms with E-state index in [0.29, 0.717) is 5.65 Å². The van der Waals surface area contributed by atoms with E-state index in [4.69, 9.17) is 4.18 Å². The summed E-state index contributed by atoms with van der Waals surface area (Å²) < 4.78 is 30.7. The lowest BCUT2D eigenvalue weighted by Crippen LogP contribution is -2.15. The average molecular weight is 334 g/mol. The van der Waals surface area contributed by atoms with Crippen molar-refractivity contribution < 1.29 is 12.6 Å². The van der Waals surface area contributed by atoms with E-state index in [1.165, 1.54) is 29.4 Å². The van der Waals surface area contributed by atoms with Gasteiger partial charge >= 0.3 is 0 Å². The summed E-state index contributed by atoms with van der Waals surface area (Å²) in [4.78, 5) is 22.2. The molecular formula is C14H14N4O4S. The Balaban J connectivity index is 1.73. The van der Waals surface area contributed by atoms with Gasteiger partial charge in [-0.25, -0.2) is 9.97 Å². The third-order valence-corrected chi connectivity index (χ3v) is 4.62. The number of H-pyrrole nitrogens is 1. The molecule has 0 aliphatic heterocycles. The number of aromatic amines is 1. The molecule has 120 valence electrons. The van der Waals surface area contributed by atoms with Crippen molar-refractivity contribution in [3.05, 3.63) is 52.8 Å². The topological polar surface area (TPSA) is 107 Å². The van der Waals surface area contributed by atoms with Crippen LogP contribution in [0.1, 0.15) is 5.56 Å². The third-order valence-electron chi connectivity index (χ3n) is 3.30. The predicted octanol–water partition coefficient (Wildman–Crippen LogP) is 0.834. The van der Waals surface area contributed by atoms with Crippen molar-refractivity contribution in [3.63, 3.8) is 0 Å². The lowest BCUT2D eigenvalue weighted by Gasteiger charge is -2.07. The zero-order valence-electron chi connectivity index (χ0n) is 12.3. The summed E-state index contributed by atoms with van der Waals surface area (Å²) in [5.41, 5.74) is 1.20. The van der Waals surface area contributed by atoms with Gasteiger partial charge in [-0.3, -0.25) is 8.98 Å². The van der Waals surface area contributed by atoms with Crippen LogP contribution in [0.15, 0.2) is 46.6 Å². The number of benzene rings is 1. The molecule has 0 radical (unpaired) electrons. The van der Waals surface area contributed by atoms with Crippen LogP contribution in [0.4, 0.5) is 0 Å². The molecule has 0 aliphatic rings. The van der Waals surface area contributed by atoms with Crippen molar-refractivity contribution in [2.24, 2.45) is 0 Å². The molecule has 1 N–H and O–H groups in total. The van der Waals surface area contributed by atoms with Crippen molar-refractivity contribution in [2.75, 3.05) is 6.61 Å². The van der Waals surface area contributed by atoms with Gasteiger partial charge in [0, 0.05) is 6.54 Å². The van der Waals surface area contributed by atoms with E-state index in [9.17, 15) is 13.2 Å². The van der Waals surface area contributed by atoms with Crippen LogP contribution < -0.4 is 5.56 Å². The van der Waals surface area contributed by atoms with Crippen LogP contribution in [0.5, 0.6) is 0 Å². The Kier molecular flexibility index (Phi) is 3.97. The Morgan fingerprint density at radius 1 is 1.22 bits per heavy atom. The van der Waals surface area contributed by atoms with E-state index < -0.39 is 10.1 Å². The van der Waals surface area contributed by atoms with E-state index in [2.05, 4.69) is 15.0 Å². The second kappa shape index (κ2) is 5.94. The summed E-state index contributed by atoms with van der Waals surface area (Å²) in [6.45, 7) is 1.92. The molecule has 9 heteroatoms. The Bertz CT molecular complexity index is 990. The molecule has 0 atom stereocenters. The number of nitrogens with zero attached hydrogens (tertiary/aromatic N) is 3. The highest BCUT2D eigenvalue weighted by Gasteiger charge is 2.15. The summed E-state index contributed by atoms with van der Waals surface area (Å²) >= 11 is 0. The summed E-state index contributed by atoms with van der Waals surface area (Å²) in [5, 5.41) is 0.